The predicted octanol–water partition coefficient (Wildman–Crippen LogP) is 2.11. The van der Waals surface area contributed by atoms with Gasteiger partial charge in [-0.2, -0.15) is 0 Å². The Labute approximate surface area is 148 Å². The van der Waals surface area contributed by atoms with E-state index < -0.39 is 28.6 Å². The van der Waals surface area contributed by atoms with Crippen LogP contribution in [-0.4, -0.2) is 41.3 Å². The van der Waals surface area contributed by atoms with Gasteiger partial charge in [-0.3, -0.25) is 4.79 Å². The van der Waals surface area contributed by atoms with Crippen LogP contribution in [0.5, 0.6) is 0 Å². The second kappa shape index (κ2) is 5.77. The molecule has 6 nitrogen and oxygen atoms in total. The number of aromatic carboxylic acids is 1. The maximum Gasteiger partial charge on any atom is 0.341 e. The monoisotopic (exact) mass is 363 g/mol. The van der Waals surface area contributed by atoms with Crippen LogP contribution in [-0.2, 0) is 0 Å². The molecule has 2 aromatic rings. The Kier molecular flexibility index (Phi) is 3.76. The molecule has 2 aliphatic rings. The summed E-state index contributed by atoms with van der Waals surface area (Å²) >= 11 is 0. The lowest BCUT2D eigenvalue weighted by Gasteiger charge is -2.48. The lowest BCUT2D eigenvalue weighted by molar-refractivity contribution is 0.0695. The molecule has 1 aliphatic carbocycles. The second-order valence-corrected chi connectivity index (χ2v) is 7.02. The quantitative estimate of drug-likeness (QED) is 0.870. The van der Waals surface area contributed by atoms with Gasteiger partial charge in [-0.15, -0.1) is 0 Å². The first-order valence-electron chi connectivity index (χ1n) is 8.59. The standard InChI is InChI=1S/C18H19F2N3O3/c1-8-13(21-2)7-22(8)16-12(19)5-10-15(14(16)20)23(9-3-4-9)6-11(17(10)24)18(25)26/h5-6,8-9,13,21H,3-4,7H2,1-2H3,(H,25,26)/t8-,13+/m1/s1. The highest BCUT2D eigenvalue weighted by Gasteiger charge is 2.39. The second-order valence-electron chi connectivity index (χ2n) is 7.02. The number of nitrogens with one attached hydrogen (secondary N) is 1. The molecule has 0 bridgehead atoms. The number of carboxylic acid groups (broad SMARTS) is 1. The molecule has 0 spiro atoms. The van der Waals surface area contributed by atoms with Gasteiger partial charge in [0.05, 0.1) is 10.9 Å². The third-order valence-corrected chi connectivity index (χ3v) is 5.48. The fraction of sp³-hybridized carbons (Fsp3) is 0.444. The van der Waals surface area contributed by atoms with Crippen molar-refractivity contribution in [2.75, 3.05) is 18.5 Å². The number of carbonyl (C=O) groups is 1. The van der Waals surface area contributed by atoms with Crippen LogP contribution in [0.25, 0.3) is 10.9 Å². The third-order valence-electron chi connectivity index (χ3n) is 5.48. The molecule has 0 unspecified atom stereocenters. The topological polar surface area (TPSA) is 74.6 Å². The number of fused-ring (bicyclic) bond motifs is 1. The minimum Gasteiger partial charge on any atom is -0.477 e. The van der Waals surface area contributed by atoms with Gasteiger partial charge in [0.1, 0.15) is 17.1 Å². The van der Waals surface area contributed by atoms with Crippen molar-refractivity contribution < 1.29 is 18.7 Å². The largest absolute Gasteiger partial charge is 0.477 e. The molecule has 0 radical (unpaired) electrons. The lowest BCUT2D eigenvalue weighted by atomic mass is 9.96. The molecule has 1 saturated carbocycles. The van der Waals surface area contributed by atoms with Gasteiger partial charge in [-0.1, -0.05) is 0 Å². The Morgan fingerprint density at radius 1 is 1.35 bits per heavy atom. The van der Waals surface area contributed by atoms with Crippen LogP contribution in [0, 0.1) is 11.6 Å². The molecule has 26 heavy (non-hydrogen) atoms. The number of halogens is 2. The SMILES string of the molecule is CN[C@H]1CN(c2c(F)cc3c(=O)c(C(=O)O)cn(C4CC4)c3c2F)[C@@H]1C. The zero-order valence-corrected chi connectivity index (χ0v) is 14.4. The fourth-order valence-electron chi connectivity index (χ4n) is 3.73. The summed E-state index contributed by atoms with van der Waals surface area (Å²) in [6.45, 7) is 2.33. The molecule has 0 amide bonds. The summed E-state index contributed by atoms with van der Waals surface area (Å²) in [4.78, 5) is 25.4. The van der Waals surface area contributed by atoms with Crippen molar-refractivity contribution in [3.8, 4) is 0 Å². The minimum absolute atomic E-state index is 0.0148. The highest BCUT2D eigenvalue weighted by Crippen LogP contribution is 2.40. The van der Waals surface area contributed by atoms with E-state index in [9.17, 15) is 19.1 Å². The van der Waals surface area contributed by atoms with Crippen molar-refractivity contribution in [3.05, 3.63) is 39.7 Å². The average molecular weight is 363 g/mol. The maximum absolute atomic E-state index is 15.4. The molecule has 1 saturated heterocycles. The number of benzene rings is 1. The molecule has 1 aliphatic heterocycles. The Morgan fingerprint density at radius 3 is 2.58 bits per heavy atom. The molecule has 1 aromatic carbocycles. The van der Waals surface area contributed by atoms with E-state index in [0.29, 0.717) is 6.54 Å². The average Bonchev–Trinajstić information content (AvgIpc) is 3.42. The summed E-state index contributed by atoms with van der Waals surface area (Å²) in [6.07, 6.45) is 2.72. The maximum atomic E-state index is 15.4. The summed E-state index contributed by atoms with van der Waals surface area (Å²) in [5, 5.41) is 12.1. The highest BCUT2D eigenvalue weighted by molar-refractivity contribution is 5.94. The van der Waals surface area contributed by atoms with Gasteiger partial charge in [-0.25, -0.2) is 13.6 Å². The van der Waals surface area contributed by atoms with Crippen LogP contribution in [0.4, 0.5) is 14.5 Å². The number of hydrogen-bond donors (Lipinski definition) is 2. The molecule has 2 heterocycles. The van der Waals surface area contributed by atoms with E-state index in [4.69, 9.17) is 0 Å². The van der Waals surface area contributed by atoms with Gasteiger partial charge in [-0.05, 0) is 32.9 Å². The molecule has 2 N–H and O–H groups in total. The van der Waals surface area contributed by atoms with E-state index in [-0.39, 0.29) is 34.7 Å². The molecule has 138 valence electrons. The summed E-state index contributed by atoms with van der Waals surface area (Å²) < 4.78 is 31.6. The van der Waals surface area contributed by atoms with E-state index in [2.05, 4.69) is 5.32 Å². The first-order valence-corrected chi connectivity index (χ1v) is 8.59. The van der Waals surface area contributed by atoms with Crippen molar-refractivity contribution in [3.63, 3.8) is 0 Å². The van der Waals surface area contributed by atoms with Crippen molar-refractivity contribution >= 4 is 22.6 Å². The first-order chi connectivity index (χ1) is 12.3. The lowest BCUT2D eigenvalue weighted by Crippen LogP contribution is -2.64. The van der Waals surface area contributed by atoms with Crippen molar-refractivity contribution in [2.24, 2.45) is 0 Å². The molecule has 1 aromatic heterocycles. The number of carboxylic acids is 1. The van der Waals surface area contributed by atoms with Gasteiger partial charge in [0.15, 0.2) is 5.82 Å². The Balaban J connectivity index is 1.98. The Morgan fingerprint density at radius 2 is 2.04 bits per heavy atom. The Hall–Kier alpha value is -2.48. The molecule has 2 fully saturated rings. The number of pyridine rings is 1. The number of hydrogen-bond acceptors (Lipinski definition) is 4. The minimum atomic E-state index is -1.40. The van der Waals surface area contributed by atoms with Crippen LogP contribution in [0.1, 0.15) is 36.2 Å². The predicted molar refractivity (Wildman–Crippen MR) is 93.0 cm³/mol. The van der Waals surface area contributed by atoms with Gasteiger partial charge < -0.3 is 19.9 Å². The molecule has 8 heteroatoms. The number of aromatic nitrogens is 1. The summed E-state index contributed by atoms with van der Waals surface area (Å²) in [5.74, 6) is -3.05. The van der Waals surface area contributed by atoms with Crippen molar-refractivity contribution in [2.45, 2.75) is 37.9 Å². The van der Waals surface area contributed by atoms with Crippen LogP contribution in [0.15, 0.2) is 17.1 Å². The van der Waals surface area contributed by atoms with Gasteiger partial charge in [0.2, 0.25) is 5.43 Å². The van der Waals surface area contributed by atoms with Crippen LogP contribution in [0.2, 0.25) is 0 Å². The summed E-state index contributed by atoms with van der Waals surface area (Å²) in [5.41, 5.74) is -1.51. The zero-order valence-electron chi connectivity index (χ0n) is 14.4. The van der Waals surface area contributed by atoms with E-state index in [1.165, 1.54) is 10.8 Å². The third kappa shape index (κ3) is 2.32. The van der Waals surface area contributed by atoms with Gasteiger partial charge >= 0.3 is 5.97 Å². The van der Waals surface area contributed by atoms with E-state index in [1.807, 2.05) is 6.92 Å². The van der Waals surface area contributed by atoms with Crippen LogP contribution in [0.3, 0.4) is 0 Å². The summed E-state index contributed by atoms with van der Waals surface area (Å²) in [7, 11) is 1.80. The molecular weight excluding hydrogens is 344 g/mol. The number of likely N-dealkylation sites (N-methyl/N-ethyl adjacent to an activating group) is 1. The van der Waals surface area contributed by atoms with E-state index in [1.54, 1.807) is 11.9 Å². The number of rotatable bonds is 4. The van der Waals surface area contributed by atoms with E-state index in [0.717, 1.165) is 18.9 Å². The molecule has 2 atom stereocenters. The molecular formula is C18H19F2N3O3. The van der Waals surface area contributed by atoms with Gasteiger partial charge in [0.25, 0.3) is 0 Å². The highest BCUT2D eigenvalue weighted by atomic mass is 19.1. The smallest absolute Gasteiger partial charge is 0.341 e. The van der Waals surface area contributed by atoms with Gasteiger partial charge in [0, 0.05) is 30.9 Å². The van der Waals surface area contributed by atoms with Crippen LogP contribution >= 0.6 is 0 Å². The van der Waals surface area contributed by atoms with E-state index >= 15 is 4.39 Å². The number of anilines is 1. The molecule has 4 rings (SSSR count). The van der Waals surface area contributed by atoms with Crippen molar-refractivity contribution in [1.82, 2.24) is 9.88 Å². The number of nitrogens with zero attached hydrogens (tertiary/aromatic N) is 2. The zero-order chi connectivity index (χ0) is 18.7. The Bertz CT molecular complexity index is 984. The summed E-state index contributed by atoms with van der Waals surface area (Å²) in [6, 6.07) is 0.939. The first kappa shape index (κ1) is 17.0. The fourth-order valence-corrected chi connectivity index (χ4v) is 3.73. The van der Waals surface area contributed by atoms with Crippen molar-refractivity contribution in [1.29, 1.82) is 0 Å². The normalized spacial score (nSPS) is 22.5. The van der Waals surface area contributed by atoms with Crippen LogP contribution < -0.4 is 15.6 Å².